The van der Waals surface area contributed by atoms with Crippen LogP contribution in [0.5, 0.6) is 0 Å². The zero-order valence-corrected chi connectivity index (χ0v) is 19.0. The Balaban J connectivity index is 0.000000573. The Labute approximate surface area is 183 Å². The number of nitro groups is 1. The fraction of sp³-hybridized carbons (Fsp3) is 0.500. The third kappa shape index (κ3) is 8.10. The van der Waals surface area contributed by atoms with Gasteiger partial charge in [-0.1, -0.05) is 32.0 Å². The highest BCUT2D eigenvalue weighted by atomic mass is 35.5. The quantitative estimate of drug-likeness (QED) is 0.480. The van der Waals surface area contributed by atoms with E-state index in [0.29, 0.717) is 12.4 Å². The van der Waals surface area contributed by atoms with Crippen LogP contribution in [0.3, 0.4) is 0 Å². The van der Waals surface area contributed by atoms with E-state index in [4.69, 9.17) is 5.11 Å². The molecule has 1 amide bonds. The average Bonchev–Trinajstić information content (AvgIpc) is 3.04. The molecule has 0 aliphatic carbocycles. The second-order valence-corrected chi connectivity index (χ2v) is 6.57. The number of hydrogen-bond acceptors (Lipinski definition) is 6. The Kier molecular flexibility index (Phi) is 12.5. The minimum Gasteiger partial charge on any atom is -0.392 e. The van der Waals surface area contributed by atoms with Crippen LogP contribution < -0.4 is 5.32 Å². The maximum atomic E-state index is 11.9. The highest BCUT2D eigenvalue weighted by Gasteiger charge is 2.15. The molecule has 0 radical (unpaired) electrons. The van der Waals surface area contributed by atoms with Gasteiger partial charge in [0.05, 0.1) is 13.2 Å². The van der Waals surface area contributed by atoms with Crippen LogP contribution in [0.15, 0.2) is 24.4 Å². The monoisotopic (exact) mass is 441 g/mol. The number of carbonyl (C=O) groups excluding carboxylic acids is 1. The van der Waals surface area contributed by atoms with Crippen LogP contribution in [0.1, 0.15) is 30.8 Å². The third-order valence-corrected chi connectivity index (χ3v) is 4.55. The van der Waals surface area contributed by atoms with Gasteiger partial charge in [0.2, 0.25) is 5.91 Å². The van der Waals surface area contributed by atoms with Crippen molar-refractivity contribution in [3.8, 4) is 0 Å². The van der Waals surface area contributed by atoms with Gasteiger partial charge in [-0.05, 0) is 43.0 Å². The lowest BCUT2D eigenvalue weighted by molar-refractivity contribution is -0.392. The number of halogens is 1. The van der Waals surface area contributed by atoms with Crippen molar-refractivity contribution in [2.45, 2.75) is 41.2 Å². The molecule has 30 heavy (non-hydrogen) atoms. The second kappa shape index (κ2) is 13.7. The van der Waals surface area contributed by atoms with Gasteiger partial charge >= 0.3 is 5.82 Å². The number of aromatic nitrogens is 2. The van der Waals surface area contributed by atoms with Crippen LogP contribution in [0.25, 0.3) is 0 Å². The standard InChI is InChI=1S/C14H22N2O.C6H9N3O3.ClH/c1-5-16(6-2)10-13(17)15-14-11(3)8-7-9-12(14)4;1-5-7-4-6(9(11)12)8(5)2-3-10;/h7-9H,5-6,10H2,1-4H3,(H,15,17);4,10H,2-3H2,1H3;1H. The van der Waals surface area contributed by atoms with Gasteiger partial charge in [0.1, 0.15) is 12.7 Å². The van der Waals surface area contributed by atoms with Crippen molar-refractivity contribution < 1.29 is 14.8 Å². The Morgan fingerprint density at radius 1 is 1.23 bits per heavy atom. The molecule has 9 nitrogen and oxygen atoms in total. The zero-order chi connectivity index (χ0) is 22.0. The predicted octanol–water partition coefficient (Wildman–Crippen LogP) is 3.10. The number of anilines is 1. The first kappa shape index (κ1) is 27.5. The van der Waals surface area contributed by atoms with E-state index in [0.717, 1.165) is 29.9 Å². The largest absolute Gasteiger partial charge is 0.392 e. The summed E-state index contributed by atoms with van der Waals surface area (Å²) in [7, 11) is 0. The Hall–Kier alpha value is -2.49. The molecule has 168 valence electrons. The zero-order valence-electron chi connectivity index (χ0n) is 18.2. The lowest BCUT2D eigenvalue weighted by Crippen LogP contribution is -2.33. The van der Waals surface area contributed by atoms with Gasteiger partial charge < -0.3 is 20.5 Å². The Bertz CT molecular complexity index is 801. The number of amides is 1. The van der Waals surface area contributed by atoms with Gasteiger partial charge in [-0.25, -0.2) is 9.55 Å². The van der Waals surface area contributed by atoms with E-state index in [9.17, 15) is 14.9 Å². The van der Waals surface area contributed by atoms with Gasteiger partial charge in [0.15, 0.2) is 5.82 Å². The summed E-state index contributed by atoms with van der Waals surface area (Å²) in [5.41, 5.74) is 3.17. The summed E-state index contributed by atoms with van der Waals surface area (Å²) in [5.74, 6) is 0.517. The van der Waals surface area contributed by atoms with Crippen molar-refractivity contribution in [3.05, 3.63) is 51.5 Å². The molecule has 2 aromatic rings. The normalized spacial score (nSPS) is 10.1. The summed E-state index contributed by atoms with van der Waals surface area (Å²) in [6.07, 6.45) is 1.19. The summed E-state index contributed by atoms with van der Waals surface area (Å²) in [6.45, 7) is 12.2. The van der Waals surface area contributed by atoms with E-state index in [1.54, 1.807) is 6.92 Å². The van der Waals surface area contributed by atoms with E-state index in [1.165, 1.54) is 10.8 Å². The Morgan fingerprint density at radius 3 is 2.27 bits per heavy atom. The van der Waals surface area contributed by atoms with Crippen molar-refractivity contribution in [2.75, 3.05) is 31.6 Å². The molecule has 2 N–H and O–H groups in total. The number of aryl methyl sites for hydroxylation is 3. The van der Waals surface area contributed by atoms with E-state index < -0.39 is 4.92 Å². The molecule has 0 atom stereocenters. The molecular weight excluding hydrogens is 410 g/mol. The molecule has 10 heteroatoms. The summed E-state index contributed by atoms with van der Waals surface area (Å²) >= 11 is 0. The number of hydrogen-bond donors (Lipinski definition) is 2. The molecule has 0 fully saturated rings. The third-order valence-electron chi connectivity index (χ3n) is 4.55. The lowest BCUT2D eigenvalue weighted by atomic mass is 10.1. The SMILES string of the molecule is CCN(CC)CC(=O)Nc1c(C)cccc1C.Cc1ncc([N+](=O)[O-])n1CCO.Cl. The molecule has 1 aromatic carbocycles. The van der Waals surface area contributed by atoms with Crippen LogP contribution >= 0.6 is 12.4 Å². The minimum atomic E-state index is -0.518. The maximum absolute atomic E-state index is 11.9. The minimum absolute atomic E-state index is 0. The number of imidazole rings is 1. The number of nitrogens with one attached hydrogen (secondary N) is 1. The van der Waals surface area contributed by atoms with Crippen molar-refractivity contribution in [1.82, 2.24) is 14.5 Å². The van der Waals surface area contributed by atoms with E-state index in [2.05, 4.69) is 29.0 Å². The molecule has 1 aromatic heterocycles. The first-order valence-electron chi connectivity index (χ1n) is 9.60. The van der Waals surface area contributed by atoms with Gasteiger partial charge in [-0.15, -0.1) is 12.4 Å². The van der Waals surface area contributed by atoms with Gasteiger partial charge in [-0.3, -0.25) is 9.69 Å². The number of nitrogens with zero attached hydrogens (tertiary/aromatic N) is 4. The molecular formula is C20H32ClN5O4. The molecule has 0 saturated heterocycles. The second-order valence-electron chi connectivity index (χ2n) is 6.57. The fourth-order valence-corrected chi connectivity index (χ4v) is 2.82. The first-order valence-corrected chi connectivity index (χ1v) is 9.60. The van der Waals surface area contributed by atoms with Crippen molar-refractivity contribution in [2.24, 2.45) is 0 Å². The highest BCUT2D eigenvalue weighted by Crippen LogP contribution is 2.19. The summed E-state index contributed by atoms with van der Waals surface area (Å²) < 4.78 is 1.36. The molecule has 0 aliphatic heterocycles. The number of likely N-dealkylation sites (N-methyl/N-ethyl adjacent to an activating group) is 1. The molecule has 0 aliphatic rings. The van der Waals surface area contributed by atoms with Gasteiger partial charge in [-0.2, -0.15) is 0 Å². The number of benzene rings is 1. The average molecular weight is 442 g/mol. The number of aliphatic hydroxyl groups is 1. The molecule has 0 saturated carbocycles. The summed E-state index contributed by atoms with van der Waals surface area (Å²) in [5, 5.41) is 22.0. The number of carbonyl (C=O) groups is 1. The van der Waals surface area contributed by atoms with Gasteiger partial charge in [0, 0.05) is 12.6 Å². The molecule has 2 rings (SSSR count). The summed E-state index contributed by atoms with van der Waals surface area (Å²) in [6, 6.07) is 6.03. The first-order chi connectivity index (χ1) is 13.7. The topological polar surface area (TPSA) is 114 Å². The molecule has 0 spiro atoms. The van der Waals surface area contributed by atoms with E-state index >= 15 is 0 Å². The van der Waals surface area contributed by atoms with Gasteiger partial charge in [0.25, 0.3) is 0 Å². The van der Waals surface area contributed by atoms with Crippen molar-refractivity contribution in [3.63, 3.8) is 0 Å². The lowest BCUT2D eigenvalue weighted by Gasteiger charge is -2.18. The Morgan fingerprint density at radius 2 is 1.80 bits per heavy atom. The van der Waals surface area contributed by atoms with Crippen LogP contribution in [0.4, 0.5) is 11.5 Å². The molecule has 0 unspecified atom stereocenters. The maximum Gasteiger partial charge on any atom is 0.342 e. The van der Waals surface area contributed by atoms with E-state index in [-0.39, 0.29) is 37.3 Å². The van der Waals surface area contributed by atoms with Crippen LogP contribution in [0.2, 0.25) is 0 Å². The van der Waals surface area contributed by atoms with Crippen LogP contribution in [-0.4, -0.2) is 56.6 Å². The van der Waals surface area contributed by atoms with Crippen LogP contribution in [0, 0.1) is 30.9 Å². The van der Waals surface area contributed by atoms with Crippen molar-refractivity contribution >= 4 is 29.8 Å². The predicted molar refractivity (Wildman–Crippen MR) is 120 cm³/mol. The van der Waals surface area contributed by atoms with E-state index in [1.807, 2.05) is 32.0 Å². The number of aliphatic hydroxyl groups excluding tert-OH is 1. The molecule has 0 bridgehead atoms. The van der Waals surface area contributed by atoms with Crippen LogP contribution in [-0.2, 0) is 11.3 Å². The summed E-state index contributed by atoms with van der Waals surface area (Å²) in [4.78, 5) is 27.6. The number of para-hydroxylation sites is 1. The fourth-order valence-electron chi connectivity index (χ4n) is 2.82. The molecule has 1 heterocycles. The van der Waals surface area contributed by atoms with Crippen molar-refractivity contribution in [1.29, 1.82) is 0 Å². The highest BCUT2D eigenvalue weighted by molar-refractivity contribution is 5.93. The number of rotatable bonds is 8. The smallest absolute Gasteiger partial charge is 0.342 e.